The molecule has 1 spiro atoms. The van der Waals surface area contributed by atoms with E-state index in [2.05, 4.69) is 19.2 Å². The lowest BCUT2D eigenvalue weighted by Gasteiger charge is -2.35. The normalized spacial score (nSPS) is 26.2. The zero-order valence-corrected chi connectivity index (χ0v) is 9.24. The summed E-state index contributed by atoms with van der Waals surface area (Å²) in [6, 6.07) is 1.96. The number of hydrogen-bond acceptors (Lipinski definition) is 2. The molecule has 0 saturated heterocycles. The number of rotatable bonds is 0. The largest absolute Gasteiger partial charge is 0.449 e. The van der Waals surface area contributed by atoms with Crippen molar-refractivity contribution in [3.63, 3.8) is 0 Å². The SMILES string of the molecule is CC1(C)NCC2(CC2)c2oc(Cl)cc21. The minimum absolute atomic E-state index is 0.000185. The van der Waals surface area contributed by atoms with E-state index < -0.39 is 0 Å². The summed E-state index contributed by atoms with van der Waals surface area (Å²) >= 11 is 5.94. The maximum Gasteiger partial charge on any atom is 0.193 e. The van der Waals surface area contributed by atoms with Gasteiger partial charge in [-0.3, -0.25) is 0 Å². The van der Waals surface area contributed by atoms with E-state index in [9.17, 15) is 0 Å². The third kappa shape index (κ3) is 1.01. The lowest BCUT2D eigenvalue weighted by molar-refractivity contribution is 0.306. The van der Waals surface area contributed by atoms with Gasteiger partial charge in [0.25, 0.3) is 0 Å². The van der Waals surface area contributed by atoms with Crippen LogP contribution in [0.2, 0.25) is 5.22 Å². The Morgan fingerprint density at radius 2 is 2.14 bits per heavy atom. The molecule has 1 aromatic heterocycles. The summed E-state index contributed by atoms with van der Waals surface area (Å²) in [5.74, 6) is 1.13. The number of nitrogens with one attached hydrogen (secondary N) is 1. The summed E-state index contributed by atoms with van der Waals surface area (Å²) in [5.41, 5.74) is 1.52. The molecule has 2 nitrogen and oxygen atoms in total. The van der Waals surface area contributed by atoms with Crippen LogP contribution in [0.1, 0.15) is 38.0 Å². The Balaban J connectivity index is 2.19. The average Bonchev–Trinajstić information content (AvgIpc) is 2.78. The van der Waals surface area contributed by atoms with Crippen molar-refractivity contribution in [2.45, 2.75) is 37.6 Å². The minimum atomic E-state index is -0.000185. The molecule has 2 aliphatic rings. The zero-order chi connectivity index (χ0) is 9.97. The van der Waals surface area contributed by atoms with Crippen LogP contribution in [0.25, 0.3) is 0 Å². The van der Waals surface area contributed by atoms with E-state index in [1.165, 1.54) is 18.4 Å². The average molecular weight is 212 g/mol. The smallest absolute Gasteiger partial charge is 0.193 e. The number of hydrogen-bond donors (Lipinski definition) is 1. The van der Waals surface area contributed by atoms with Crippen LogP contribution in [0.4, 0.5) is 0 Å². The first-order valence-corrected chi connectivity index (χ1v) is 5.47. The standard InChI is InChI=1S/C11H14ClNO/c1-10(2)7-5-8(12)14-9(7)11(3-4-11)6-13-10/h5,13H,3-4,6H2,1-2H3. The summed E-state index contributed by atoms with van der Waals surface area (Å²) in [6.45, 7) is 5.37. The van der Waals surface area contributed by atoms with Crippen molar-refractivity contribution >= 4 is 11.6 Å². The van der Waals surface area contributed by atoms with E-state index in [1.54, 1.807) is 0 Å². The van der Waals surface area contributed by atoms with Crippen LogP contribution in [0.15, 0.2) is 10.5 Å². The van der Waals surface area contributed by atoms with E-state index in [0.29, 0.717) is 5.22 Å². The Hall–Kier alpha value is -0.470. The Morgan fingerprint density at radius 3 is 2.79 bits per heavy atom. The lowest BCUT2D eigenvalue weighted by atomic mass is 9.84. The van der Waals surface area contributed by atoms with Crippen molar-refractivity contribution in [1.82, 2.24) is 5.32 Å². The topological polar surface area (TPSA) is 25.2 Å². The van der Waals surface area contributed by atoms with Gasteiger partial charge < -0.3 is 9.73 Å². The Bertz CT molecular complexity index is 366. The highest BCUT2D eigenvalue weighted by molar-refractivity contribution is 6.29. The van der Waals surface area contributed by atoms with Gasteiger partial charge in [-0.25, -0.2) is 0 Å². The van der Waals surface area contributed by atoms with Gasteiger partial charge in [0.05, 0.1) is 0 Å². The van der Waals surface area contributed by atoms with Crippen molar-refractivity contribution in [1.29, 1.82) is 0 Å². The molecular formula is C11H14ClNO. The monoisotopic (exact) mass is 211 g/mol. The van der Waals surface area contributed by atoms with Crippen molar-refractivity contribution in [3.05, 3.63) is 22.6 Å². The first-order chi connectivity index (χ1) is 6.54. The van der Waals surface area contributed by atoms with Crippen LogP contribution in [-0.4, -0.2) is 6.54 Å². The summed E-state index contributed by atoms with van der Waals surface area (Å²) in [4.78, 5) is 0. The Kier molecular flexibility index (Phi) is 1.49. The predicted octanol–water partition coefficient (Wildman–Crippen LogP) is 2.80. The molecule has 0 amide bonds. The Labute approximate surface area is 88.6 Å². The highest BCUT2D eigenvalue weighted by atomic mass is 35.5. The number of furan rings is 1. The highest BCUT2D eigenvalue weighted by Gasteiger charge is 2.53. The molecule has 1 N–H and O–H groups in total. The molecule has 76 valence electrons. The van der Waals surface area contributed by atoms with Gasteiger partial charge in [-0.2, -0.15) is 0 Å². The molecule has 0 bridgehead atoms. The van der Waals surface area contributed by atoms with Gasteiger partial charge in [-0.1, -0.05) is 0 Å². The second-order valence-electron chi connectivity index (χ2n) is 5.05. The molecule has 0 unspecified atom stereocenters. The van der Waals surface area contributed by atoms with Crippen molar-refractivity contribution in [3.8, 4) is 0 Å². The quantitative estimate of drug-likeness (QED) is 0.714. The van der Waals surface area contributed by atoms with Crippen molar-refractivity contribution in [2.75, 3.05) is 6.54 Å². The van der Waals surface area contributed by atoms with Gasteiger partial charge in [0, 0.05) is 29.1 Å². The fraction of sp³-hybridized carbons (Fsp3) is 0.636. The first kappa shape index (κ1) is 8.81. The fourth-order valence-electron chi connectivity index (χ4n) is 2.34. The molecule has 0 atom stereocenters. The molecule has 1 fully saturated rings. The third-order valence-corrected chi connectivity index (χ3v) is 3.77. The molecule has 3 heteroatoms. The lowest BCUT2D eigenvalue weighted by Crippen LogP contribution is -2.46. The molecule has 1 aromatic rings. The van der Waals surface area contributed by atoms with E-state index in [4.69, 9.17) is 16.0 Å². The van der Waals surface area contributed by atoms with Gasteiger partial charge >= 0.3 is 0 Å². The molecule has 1 aliphatic carbocycles. The van der Waals surface area contributed by atoms with Crippen molar-refractivity contribution < 1.29 is 4.42 Å². The van der Waals surface area contributed by atoms with Gasteiger partial charge in [0.2, 0.25) is 0 Å². The molecule has 0 radical (unpaired) electrons. The summed E-state index contributed by atoms with van der Waals surface area (Å²) in [7, 11) is 0. The van der Waals surface area contributed by atoms with E-state index in [0.717, 1.165) is 12.3 Å². The second-order valence-corrected chi connectivity index (χ2v) is 5.42. The molecule has 1 aliphatic heterocycles. The van der Waals surface area contributed by atoms with E-state index >= 15 is 0 Å². The molecule has 3 rings (SSSR count). The van der Waals surface area contributed by atoms with Crippen LogP contribution in [0.5, 0.6) is 0 Å². The molecule has 1 saturated carbocycles. The second kappa shape index (κ2) is 2.37. The first-order valence-electron chi connectivity index (χ1n) is 5.09. The summed E-state index contributed by atoms with van der Waals surface area (Å²) in [5, 5.41) is 4.09. The van der Waals surface area contributed by atoms with Crippen molar-refractivity contribution in [2.24, 2.45) is 0 Å². The van der Waals surface area contributed by atoms with Crippen LogP contribution < -0.4 is 5.32 Å². The molecule has 2 heterocycles. The summed E-state index contributed by atoms with van der Waals surface area (Å²) in [6.07, 6.45) is 2.46. The molecular weight excluding hydrogens is 198 g/mol. The van der Waals surface area contributed by atoms with Gasteiger partial charge in [-0.05, 0) is 38.3 Å². The van der Waals surface area contributed by atoms with Crippen LogP contribution >= 0.6 is 11.6 Å². The number of halogens is 1. The third-order valence-electron chi connectivity index (χ3n) is 3.58. The van der Waals surface area contributed by atoms with Crippen LogP contribution in [0.3, 0.4) is 0 Å². The summed E-state index contributed by atoms with van der Waals surface area (Å²) < 4.78 is 5.64. The molecule has 14 heavy (non-hydrogen) atoms. The van der Waals surface area contributed by atoms with Gasteiger partial charge in [0.1, 0.15) is 5.76 Å². The highest BCUT2D eigenvalue weighted by Crippen LogP contribution is 2.54. The van der Waals surface area contributed by atoms with Crippen LogP contribution in [-0.2, 0) is 11.0 Å². The number of fused-ring (bicyclic) bond motifs is 2. The maximum atomic E-state index is 5.94. The molecule has 0 aromatic carbocycles. The van der Waals surface area contributed by atoms with Gasteiger partial charge in [0.15, 0.2) is 5.22 Å². The predicted molar refractivity (Wildman–Crippen MR) is 55.7 cm³/mol. The van der Waals surface area contributed by atoms with Crippen LogP contribution in [0, 0.1) is 0 Å². The van der Waals surface area contributed by atoms with Gasteiger partial charge in [-0.15, -0.1) is 0 Å². The minimum Gasteiger partial charge on any atom is -0.449 e. The fourth-order valence-corrected chi connectivity index (χ4v) is 2.53. The Morgan fingerprint density at radius 1 is 1.43 bits per heavy atom. The van der Waals surface area contributed by atoms with E-state index in [-0.39, 0.29) is 11.0 Å². The zero-order valence-electron chi connectivity index (χ0n) is 8.48. The maximum absolute atomic E-state index is 5.94. The van der Waals surface area contributed by atoms with E-state index in [1.807, 2.05) is 6.07 Å².